The average molecular weight is 911 g/mol. The molecule has 0 unspecified atom stereocenters. The lowest BCUT2D eigenvalue weighted by molar-refractivity contribution is 0.670. The second kappa shape index (κ2) is 17.3. The minimum atomic E-state index is -2.63. The normalized spacial score (nSPS) is 11.7. The van der Waals surface area contributed by atoms with Crippen molar-refractivity contribution >= 4 is 89.6 Å². The number of rotatable bonds is 10. The summed E-state index contributed by atoms with van der Waals surface area (Å²) < 4.78 is 8.84. The summed E-state index contributed by atoms with van der Waals surface area (Å²) >= 11 is 0. The second-order valence-electron chi connectivity index (χ2n) is 18.0. The molecule has 330 valence electrons. The van der Waals surface area contributed by atoms with Gasteiger partial charge in [-0.25, -0.2) is 0 Å². The minimum absolute atomic E-state index is 0.901. The SMILES string of the molecule is c1ccc([Si](c2ccccc2)(c2ccccc2)c2ccc(-c3ccc(N(c4ccc(-c5cccc6c5oc5ccccc56)cc4)c4ccc(-n5c6ccccc6c6ccccc65)cc4)cc3)cc2)cc1. The van der Waals surface area contributed by atoms with Crippen molar-refractivity contribution in [3.05, 3.63) is 279 Å². The zero-order valence-electron chi connectivity index (χ0n) is 38.4. The Labute approximate surface area is 408 Å². The quantitative estimate of drug-likeness (QED) is 0.101. The number of nitrogens with zero attached hydrogens (tertiary/aromatic N) is 2. The lowest BCUT2D eigenvalue weighted by Gasteiger charge is -2.34. The van der Waals surface area contributed by atoms with Crippen LogP contribution in [0.5, 0.6) is 0 Å². The fourth-order valence-electron chi connectivity index (χ4n) is 10.9. The zero-order valence-corrected chi connectivity index (χ0v) is 39.4. The molecular formula is C66H46N2OSi. The van der Waals surface area contributed by atoms with Gasteiger partial charge < -0.3 is 13.9 Å². The molecule has 2 heterocycles. The first-order valence-corrected chi connectivity index (χ1v) is 26.0. The van der Waals surface area contributed by atoms with Crippen LogP contribution in [0.15, 0.2) is 283 Å². The molecule has 0 spiro atoms. The highest BCUT2D eigenvalue weighted by Crippen LogP contribution is 2.40. The van der Waals surface area contributed by atoms with Crippen molar-refractivity contribution in [3.8, 4) is 27.9 Å². The van der Waals surface area contributed by atoms with Crippen LogP contribution in [0.25, 0.3) is 71.7 Å². The molecule has 0 aliphatic rings. The van der Waals surface area contributed by atoms with E-state index in [1.165, 1.54) is 48.1 Å². The van der Waals surface area contributed by atoms with Crippen LogP contribution >= 0.6 is 0 Å². The second-order valence-corrected chi connectivity index (χ2v) is 21.8. The molecule has 70 heavy (non-hydrogen) atoms. The molecule has 0 saturated heterocycles. The van der Waals surface area contributed by atoms with Crippen molar-refractivity contribution in [1.29, 1.82) is 0 Å². The molecule has 3 nitrogen and oxygen atoms in total. The van der Waals surface area contributed by atoms with Crippen molar-refractivity contribution in [2.45, 2.75) is 0 Å². The maximum Gasteiger partial charge on any atom is 0.179 e. The van der Waals surface area contributed by atoms with Gasteiger partial charge in [0.25, 0.3) is 0 Å². The molecule has 11 aromatic carbocycles. The van der Waals surface area contributed by atoms with Crippen LogP contribution in [0, 0.1) is 0 Å². The molecule has 0 aliphatic heterocycles. The van der Waals surface area contributed by atoms with E-state index in [1.54, 1.807) is 0 Å². The molecule has 0 saturated carbocycles. The fourth-order valence-corrected chi connectivity index (χ4v) is 15.7. The van der Waals surface area contributed by atoms with Gasteiger partial charge in [0, 0.05) is 49.9 Å². The topological polar surface area (TPSA) is 21.3 Å². The van der Waals surface area contributed by atoms with Crippen LogP contribution in [0.1, 0.15) is 0 Å². The number of fused-ring (bicyclic) bond motifs is 6. The largest absolute Gasteiger partial charge is 0.455 e. The number of furan rings is 1. The van der Waals surface area contributed by atoms with Crippen LogP contribution in [0.3, 0.4) is 0 Å². The predicted octanol–water partition coefficient (Wildman–Crippen LogP) is 14.9. The Bertz CT molecular complexity index is 3810. The standard InChI is InChI=1S/C66H46N2OSi/c1-4-17-54(18-5-1)70(55-19-6-2-7-20-55,56-21-8-3-9-22-56)57-45-35-48(36-46-57)47-31-37-50(38-32-47)67(51-39-33-49(34-40-51)58-26-16-27-62-61-25-12-15-30-65(61)69-66(58)62)52-41-43-53(44-42-52)68-63-28-13-10-23-59(63)60-24-11-14-29-64(60)68/h1-46H. The molecule has 0 aliphatic carbocycles. The number of anilines is 3. The first-order chi connectivity index (χ1) is 34.7. The number of para-hydroxylation sites is 4. The average Bonchev–Trinajstić information content (AvgIpc) is 3.99. The summed E-state index contributed by atoms with van der Waals surface area (Å²) in [5, 5.41) is 10.2. The number of benzene rings is 11. The Hall–Kier alpha value is -8.96. The molecule has 0 N–H and O–H groups in total. The predicted molar refractivity (Wildman–Crippen MR) is 297 cm³/mol. The van der Waals surface area contributed by atoms with Gasteiger partial charge in [0.2, 0.25) is 0 Å². The summed E-state index contributed by atoms with van der Waals surface area (Å²) in [7, 11) is -2.63. The molecule has 13 aromatic rings. The number of hydrogen-bond donors (Lipinski definition) is 0. The highest BCUT2D eigenvalue weighted by atomic mass is 28.3. The van der Waals surface area contributed by atoms with Gasteiger partial charge in [0.1, 0.15) is 11.2 Å². The Morgan fingerprint density at radius 1 is 0.300 bits per heavy atom. The Morgan fingerprint density at radius 2 is 0.700 bits per heavy atom. The van der Waals surface area contributed by atoms with Crippen molar-refractivity contribution < 1.29 is 4.42 Å². The first kappa shape index (κ1) is 41.2. The molecule has 0 fully saturated rings. The maximum atomic E-state index is 6.47. The minimum Gasteiger partial charge on any atom is -0.455 e. The van der Waals surface area contributed by atoms with E-state index in [0.29, 0.717) is 0 Å². The third-order valence-electron chi connectivity index (χ3n) is 14.2. The summed E-state index contributed by atoms with van der Waals surface area (Å²) in [6.45, 7) is 0. The summed E-state index contributed by atoms with van der Waals surface area (Å²) in [6, 6.07) is 102. The lowest BCUT2D eigenvalue weighted by Crippen LogP contribution is -2.74. The molecule has 0 radical (unpaired) electrons. The number of aromatic nitrogens is 1. The summed E-state index contributed by atoms with van der Waals surface area (Å²) in [5.41, 5.74) is 13.0. The van der Waals surface area contributed by atoms with Crippen LogP contribution in [0.4, 0.5) is 17.1 Å². The van der Waals surface area contributed by atoms with Crippen LogP contribution < -0.4 is 25.6 Å². The van der Waals surface area contributed by atoms with E-state index in [-0.39, 0.29) is 0 Å². The van der Waals surface area contributed by atoms with Crippen LogP contribution in [0.2, 0.25) is 0 Å². The van der Waals surface area contributed by atoms with Gasteiger partial charge >= 0.3 is 0 Å². The van der Waals surface area contributed by atoms with Gasteiger partial charge in [0.15, 0.2) is 8.07 Å². The Kier molecular flexibility index (Phi) is 10.2. The monoisotopic (exact) mass is 910 g/mol. The molecule has 0 bridgehead atoms. The van der Waals surface area contributed by atoms with Gasteiger partial charge in [-0.2, -0.15) is 0 Å². The van der Waals surface area contributed by atoms with E-state index in [0.717, 1.165) is 61.4 Å². The van der Waals surface area contributed by atoms with Crippen molar-refractivity contribution in [1.82, 2.24) is 4.57 Å². The first-order valence-electron chi connectivity index (χ1n) is 24.0. The van der Waals surface area contributed by atoms with Gasteiger partial charge in [0.05, 0.1) is 11.0 Å². The van der Waals surface area contributed by atoms with E-state index in [9.17, 15) is 0 Å². The summed E-state index contributed by atoms with van der Waals surface area (Å²) in [5.74, 6) is 0. The molecule has 13 rings (SSSR count). The van der Waals surface area contributed by atoms with E-state index >= 15 is 0 Å². The highest BCUT2D eigenvalue weighted by Gasteiger charge is 2.41. The fraction of sp³-hybridized carbons (Fsp3) is 0. The van der Waals surface area contributed by atoms with Gasteiger partial charge in [-0.1, -0.05) is 212 Å². The Morgan fingerprint density at radius 3 is 1.23 bits per heavy atom. The van der Waals surface area contributed by atoms with E-state index < -0.39 is 8.07 Å². The molecular weight excluding hydrogens is 865 g/mol. The van der Waals surface area contributed by atoms with Gasteiger partial charge in [-0.3, -0.25) is 0 Å². The van der Waals surface area contributed by atoms with Crippen LogP contribution in [-0.2, 0) is 0 Å². The van der Waals surface area contributed by atoms with E-state index in [4.69, 9.17) is 4.42 Å². The summed E-state index contributed by atoms with van der Waals surface area (Å²) in [4.78, 5) is 2.35. The maximum absolute atomic E-state index is 6.47. The van der Waals surface area contributed by atoms with Crippen molar-refractivity contribution in [2.75, 3.05) is 4.90 Å². The van der Waals surface area contributed by atoms with Gasteiger partial charge in [-0.05, 0) is 104 Å². The zero-order chi connectivity index (χ0) is 46.4. The van der Waals surface area contributed by atoms with E-state index in [2.05, 4.69) is 276 Å². The third kappa shape index (κ3) is 6.88. The van der Waals surface area contributed by atoms with E-state index in [1.807, 2.05) is 12.1 Å². The highest BCUT2D eigenvalue weighted by molar-refractivity contribution is 7.19. The number of hydrogen-bond acceptors (Lipinski definition) is 2. The van der Waals surface area contributed by atoms with Crippen LogP contribution in [-0.4, -0.2) is 12.6 Å². The molecule has 0 atom stereocenters. The molecule has 0 amide bonds. The summed E-state index contributed by atoms with van der Waals surface area (Å²) in [6.07, 6.45) is 0. The Balaban J connectivity index is 0.890. The van der Waals surface area contributed by atoms with Crippen molar-refractivity contribution in [3.63, 3.8) is 0 Å². The molecule has 4 heteroatoms. The smallest absolute Gasteiger partial charge is 0.179 e. The lowest BCUT2D eigenvalue weighted by atomic mass is 10.0. The molecule has 2 aromatic heterocycles. The van der Waals surface area contributed by atoms with Crippen molar-refractivity contribution in [2.24, 2.45) is 0 Å². The van der Waals surface area contributed by atoms with Gasteiger partial charge in [-0.15, -0.1) is 0 Å². The third-order valence-corrected chi connectivity index (χ3v) is 19.0.